The highest BCUT2D eigenvalue weighted by Gasteiger charge is 2.18. The Kier molecular flexibility index (Phi) is 4.47. The van der Waals surface area contributed by atoms with Crippen molar-refractivity contribution in [2.75, 3.05) is 31.2 Å². The summed E-state index contributed by atoms with van der Waals surface area (Å²) in [4.78, 5) is 19.8. The monoisotopic (exact) mass is 349 g/mol. The van der Waals surface area contributed by atoms with Crippen LogP contribution in [0.4, 0.5) is 5.82 Å². The summed E-state index contributed by atoms with van der Waals surface area (Å²) >= 11 is 0. The first kappa shape index (κ1) is 16.8. The minimum absolute atomic E-state index is 0.0401. The number of anilines is 1. The third-order valence-corrected chi connectivity index (χ3v) is 5.01. The van der Waals surface area contributed by atoms with E-state index in [4.69, 9.17) is 9.72 Å². The predicted octanol–water partition coefficient (Wildman–Crippen LogP) is 2.99. The lowest BCUT2D eigenvalue weighted by molar-refractivity contribution is 0.122. The van der Waals surface area contributed by atoms with Gasteiger partial charge in [0.15, 0.2) is 0 Å². The molecule has 1 aliphatic heterocycles. The zero-order valence-corrected chi connectivity index (χ0v) is 15.2. The van der Waals surface area contributed by atoms with Crippen molar-refractivity contribution in [1.82, 2.24) is 9.38 Å². The first-order chi connectivity index (χ1) is 12.6. The number of hydrogen-bond donors (Lipinski definition) is 0. The van der Waals surface area contributed by atoms with Crippen molar-refractivity contribution in [2.45, 2.75) is 19.8 Å². The van der Waals surface area contributed by atoms with E-state index in [-0.39, 0.29) is 11.5 Å². The summed E-state index contributed by atoms with van der Waals surface area (Å²) in [5.41, 5.74) is 4.04. The Morgan fingerprint density at radius 1 is 1.12 bits per heavy atom. The van der Waals surface area contributed by atoms with Crippen LogP contribution in [-0.4, -0.2) is 35.7 Å². The van der Waals surface area contributed by atoms with Crippen molar-refractivity contribution in [1.29, 1.82) is 0 Å². The summed E-state index contributed by atoms with van der Waals surface area (Å²) in [6.45, 7) is 7.04. The van der Waals surface area contributed by atoms with Crippen molar-refractivity contribution in [2.24, 2.45) is 0 Å². The second kappa shape index (κ2) is 6.92. The van der Waals surface area contributed by atoms with Gasteiger partial charge < -0.3 is 9.64 Å². The molecule has 5 nitrogen and oxygen atoms in total. The highest BCUT2D eigenvalue weighted by atomic mass is 16.5. The molecule has 3 heterocycles. The maximum Gasteiger partial charge on any atom is 0.259 e. The van der Waals surface area contributed by atoms with Crippen molar-refractivity contribution >= 4 is 11.5 Å². The Morgan fingerprint density at radius 2 is 1.85 bits per heavy atom. The van der Waals surface area contributed by atoms with Crippen molar-refractivity contribution in [3.05, 3.63) is 75.7 Å². The number of aromatic nitrogens is 2. The molecular formula is C21H23N3O2. The lowest BCUT2D eigenvalue weighted by Crippen LogP contribution is -2.37. The van der Waals surface area contributed by atoms with E-state index in [2.05, 4.69) is 30.0 Å². The highest BCUT2D eigenvalue weighted by Crippen LogP contribution is 2.28. The van der Waals surface area contributed by atoms with Gasteiger partial charge in [-0.3, -0.25) is 9.20 Å². The molecule has 1 unspecified atom stereocenters. The van der Waals surface area contributed by atoms with Gasteiger partial charge in [-0.25, -0.2) is 4.98 Å². The molecule has 1 fully saturated rings. The molecule has 0 aliphatic carbocycles. The molecule has 1 atom stereocenters. The molecule has 1 aliphatic rings. The molecule has 1 saturated heterocycles. The van der Waals surface area contributed by atoms with Crippen LogP contribution >= 0.6 is 0 Å². The van der Waals surface area contributed by atoms with Crippen LogP contribution in [-0.2, 0) is 4.74 Å². The first-order valence-corrected chi connectivity index (χ1v) is 9.05. The minimum Gasteiger partial charge on any atom is -0.378 e. The summed E-state index contributed by atoms with van der Waals surface area (Å²) < 4.78 is 7.10. The molecule has 5 heteroatoms. The van der Waals surface area contributed by atoms with E-state index < -0.39 is 0 Å². The highest BCUT2D eigenvalue weighted by molar-refractivity contribution is 5.57. The fourth-order valence-corrected chi connectivity index (χ4v) is 3.55. The van der Waals surface area contributed by atoms with Gasteiger partial charge in [-0.15, -0.1) is 0 Å². The zero-order valence-electron chi connectivity index (χ0n) is 15.2. The summed E-state index contributed by atoms with van der Waals surface area (Å²) in [6, 6.07) is 14.1. The molecule has 0 amide bonds. The maximum absolute atomic E-state index is 12.8. The number of aryl methyl sites for hydroxylation is 1. The zero-order chi connectivity index (χ0) is 18.1. The van der Waals surface area contributed by atoms with Crippen LogP contribution < -0.4 is 10.5 Å². The van der Waals surface area contributed by atoms with E-state index in [1.807, 2.05) is 31.3 Å². The fraction of sp³-hybridized carbons (Fsp3) is 0.333. The number of morpholine rings is 1. The standard InChI is InChI=1S/C21H23N3O2/c1-15-12-18(16(2)17-6-4-3-5-7-17)21-22-19(13-20(25)24(21)14-15)23-8-10-26-11-9-23/h3-7,12-14,16H,8-11H2,1-2H3. The largest absolute Gasteiger partial charge is 0.378 e. The Morgan fingerprint density at radius 3 is 2.58 bits per heavy atom. The van der Waals surface area contributed by atoms with E-state index >= 15 is 0 Å². The lowest BCUT2D eigenvalue weighted by Gasteiger charge is -2.28. The number of ether oxygens (including phenoxy) is 1. The van der Waals surface area contributed by atoms with E-state index in [9.17, 15) is 4.79 Å². The average molecular weight is 349 g/mol. The number of pyridine rings is 1. The molecule has 134 valence electrons. The van der Waals surface area contributed by atoms with Crippen LogP contribution in [0.5, 0.6) is 0 Å². The van der Waals surface area contributed by atoms with Gasteiger partial charge in [-0.1, -0.05) is 43.3 Å². The maximum atomic E-state index is 12.8. The van der Waals surface area contributed by atoms with Gasteiger partial charge in [-0.2, -0.15) is 0 Å². The van der Waals surface area contributed by atoms with Gasteiger partial charge in [0.05, 0.1) is 13.2 Å². The Labute approximate surface area is 152 Å². The predicted molar refractivity (Wildman–Crippen MR) is 103 cm³/mol. The molecule has 2 aromatic heterocycles. The molecule has 4 rings (SSSR count). The number of benzene rings is 1. The van der Waals surface area contributed by atoms with Crippen LogP contribution in [0.1, 0.15) is 29.5 Å². The molecule has 0 bridgehead atoms. The molecule has 0 spiro atoms. The number of fused-ring (bicyclic) bond motifs is 1. The number of hydrogen-bond acceptors (Lipinski definition) is 4. The molecule has 0 radical (unpaired) electrons. The van der Waals surface area contributed by atoms with Gasteiger partial charge >= 0.3 is 0 Å². The molecule has 0 N–H and O–H groups in total. The van der Waals surface area contributed by atoms with Crippen LogP contribution in [0.3, 0.4) is 0 Å². The summed E-state index contributed by atoms with van der Waals surface area (Å²) in [7, 11) is 0. The molecule has 26 heavy (non-hydrogen) atoms. The van der Waals surface area contributed by atoms with Gasteiger partial charge in [0.1, 0.15) is 11.5 Å². The van der Waals surface area contributed by atoms with Crippen molar-refractivity contribution in [3.8, 4) is 0 Å². The van der Waals surface area contributed by atoms with Gasteiger partial charge in [0.2, 0.25) is 0 Å². The summed E-state index contributed by atoms with van der Waals surface area (Å²) in [5.74, 6) is 0.890. The van der Waals surface area contributed by atoms with Crippen LogP contribution in [0.2, 0.25) is 0 Å². The van der Waals surface area contributed by atoms with Crippen molar-refractivity contribution < 1.29 is 4.74 Å². The van der Waals surface area contributed by atoms with Gasteiger partial charge in [0, 0.05) is 36.8 Å². The van der Waals surface area contributed by atoms with Crippen LogP contribution in [0.15, 0.2) is 53.5 Å². The van der Waals surface area contributed by atoms with Crippen LogP contribution in [0, 0.1) is 6.92 Å². The lowest BCUT2D eigenvalue weighted by atomic mass is 9.93. The first-order valence-electron chi connectivity index (χ1n) is 9.05. The van der Waals surface area contributed by atoms with E-state index in [0.717, 1.165) is 35.7 Å². The van der Waals surface area contributed by atoms with E-state index in [1.165, 1.54) is 5.56 Å². The average Bonchev–Trinajstić information content (AvgIpc) is 2.68. The SMILES string of the molecule is Cc1cc(C(C)c2ccccc2)c2nc(N3CCOCC3)cc(=O)n2c1. The van der Waals surface area contributed by atoms with Gasteiger partial charge in [0.25, 0.3) is 5.56 Å². The van der Waals surface area contributed by atoms with Crippen LogP contribution in [0.25, 0.3) is 5.65 Å². The fourth-order valence-electron chi connectivity index (χ4n) is 3.55. The Hall–Kier alpha value is -2.66. The summed E-state index contributed by atoms with van der Waals surface area (Å²) in [6.07, 6.45) is 1.87. The third-order valence-electron chi connectivity index (χ3n) is 5.01. The Bertz CT molecular complexity index is 976. The molecule has 0 saturated carbocycles. The normalized spacial score (nSPS) is 16.0. The topological polar surface area (TPSA) is 46.8 Å². The molecule has 1 aromatic carbocycles. The van der Waals surface area contributed by atoms with Crippen molar-refractivity contribution in [3.63, 3.8) is 0 Å². The number of nitrogens with zero attached hydrogens (tertiary/aromatic N) is 3. The smallest absolute Gasteiger partial charge is 0.259 e. The third kappa shape index (κ3) is 3.10. The molecular weight excluding hydrogens is 326 g/mol. The second-order valence-electron chi connectivity index (χ2n) is 6.85. The quantitative estimate of drug-likeness (QED) is 0.729. The Balaban J connectivity index is 1.88. The van der Waals surface area contributed by atoms with E-state index in [1.54, 1.807) is 10.5 Å². The summed E-state index contributed by atoms with van der Waals surface area (Å²) in [5, 5.41) is 0. The second-order valence-corrected chi connectivity index (χ2v) is 6.85. The number of rotatable bonds is 3. The molecule has 3 aromatic rings. The minimum atomic E-state index is -0.0401. The van der Waals surface area contributed by atoms with E-state index in [0.29, 0.717) is 13.2 Å². The van der Waals surface area contributed by atoms with Gasteiger partial charge in [-0.05, 0) is 18.1 Å².